The van der Waals surface area contributed by atoms with E-state index < -0.39 is 22.8 Å². The predicted octanol–water partition coefficient (Wildman–Crippen LogP) is -2.72. The maximum absolute atomic E-state index is 12.6. The van der Waals surface area contributed by atoms with Gasteiger partial charge in [-0.05, 0) is 69.2 Å². The minimum atomic E-state index is -1.08. The molecule has 234 valence electrons. The summed E-state index contributed by atoms with van der Waals surface area (Å²) in [6.07, 6.45) is 0. The summed E-state index contributed by atoms with van der Waals surface area (Å²) in [6.45, 7) is 23.2. The number of carboxylic acid groups (broad SMARTS) is 1. The Hall–Kier alpha value is -1.28. The number of ether oxygens (including phenoxy) is 3. The molecule has 1 N–H and O–H groups in total. The van der Waals surface area contributed by atoms with Crippen LogP contribution in [0.4, 0.5) is 0 Å². The fourth-order valence-electron chi connectivity index (χ4n) is 3.64. The second kappa shape index (κ2) is 19.8. The van der Waals surface area contributed by atoms with Gasteiger partial charge in [-0.1, -0.05) is 0 Å². The van der Waals surface area contributed by atoms with Crippen LogP contribution in [0.5, 0.6) is 0 Å². The van der Waals surface area contributed by atoms with E-state index in [4.69, 9.17) is 24.1 Å². The minimum Gasteiger partial charge on any atom is -0.550 e. The van der Waals surface area contributed by atoms with Gasteiger partial charge in [-0.15, -0.1) is 0 Å². The number of rotatable bonds is 6. The third-order valence-electron chi connectivity index (χ3n) is 4.99. The number of carboxylic acids is 1. The first kappa shape index (κ1) is 41.9. The molecule has 1 rings (SSSR count). The third-order valence-corrected chi connectivity index (χ3v) is 4.99. The number of nitrogens with zero attached hydrogens (tertiary/aromatic N) is 3. The van der Waals surface area contributed by atoms with Crippen molar-refractivity contribution in [3.8, 4) is 0 Å². The molecule has 0 unspecified atom stereocenters. The summed E-state index contributed by atoms with van der Waals surface area (Å²) in [4.78, 5) is 52.5. The molecule has 1 aliphatic heterocycles. The fourth-order valence-corrected chi connectivity index (χ4v) is 3.64. The molecule has 0 spiro atoms. The zero-order valence-electron chi connectivity index (χ0n) is 27.4. The van der Waals surface area contributed by atoms with Crippen molar-refractivity contribution in [2.24, 2.45) is 0 Å². The first-order valence-electron chi connectivity index (χ1n) is 13.9. The van der Waals surface area contributed by atoms with Crippen molar-refractivity contribution >= 4 is 23.9 Å². The van der Waals surface area contributed by atoms with Crippen LogP contribution in [0, 0.1) is 0 Å². The van der Waals surface area contributed by atoms with Gasteiger partial charge in [0.05, 0.1) is 19.6 Å². The molecule has 0 aromatic carbocycles. The van der Waals surface area contributed by atoms with Crippen LogP contribution in [-0.4, -0.2) is 127 Å². The average Bonchev–Trinajstić information content (AvgIpc) is 2.69. The van der Waals surface area contributed by atoms with E-state index >= 15 is 0 Å². The molecule has 0 bridgehead atoms. The van der Waals surface area contributed by atoms with Gasteiger partial charge in [-0.3, -0.25) is 29.1 Å². The number of esters is 3. The molecule has 0 aromatic rings. The van der Waals surface area contributed by atoms with Crippen molar-refractivity contribution in [1.82, 2.24) is 20.0 Å². The molecule has 0 radical (unpaired) electrons. The van der Waals surface area contributed by atoms with Crippen LogP contribution in [0.2, 0.25) is 0 Å². The normalized spacial score (nSPS) is 16.9. The molecular weight excluding hydrogens is 543 g/mol. The summed E-state index contributed by atoms with van der Waals surface area (Å²) in [5.41, 5.74) is -1.65. The van der Waals surface area contributed by atoms with Gasteiger partial charge in [0.25, 0.3) is 0 Å². The number of hydrogen-bond acceptors (Lipinski definition) is 12. The van der Waals surface area contributed by atoms with E-state index in [2.05, 4.69) is 5.32 Å². The van der Waals surface area contributed by atoms with Gasteiger partial charge >= 0.3 is 47.5 Å². The Morgan fingerprint density at radius 3 is 1.02 bits per heavy atom. The van der Waals surface area contributed by atoms with Crippen LogP contribution in [0.3, 0.4) is 0 Å². The summed E-state index contributed by atoms with van der Waals surface area (Å²) < 4.78 is 16.6. The Labute approximate surface area is 269 Å². The fraction of sp³-hybridized carbons (Fsp3) is 0.857. The van der Waals surface area contributed by atoms with Crippen LogP contribution in [0.15, 0.2) is 0 Å². The summed E-state index contributed by atoms with van der Waals surface area (Å²) in [5, 5.41) is 12.3. The molecule has 0 saturated carbocycles. The first-order chi connectivity index (χ1) is 18.1. The van der Waals surface area contributed by atoms with Crippen molar-refractivity contribution < 1.29 is 68.1 Å². The van der Waals surface area contributed by atoms with Crippen LogP contribution in [-0.2, 0) is 33.4 Å². The summed E-state index contributed by atoms with van der Waals surface area (Å²) in [5.74, 6) is -1.91. The van der Waals surface area contributed by atoms with Crippen molar-refractivity contribution in [3.63, 3.8) is 0 Å². The molecule has 12 nitrogen and oxygen atoms in total. The van der Waals surface area contributed by atoms with Crippen molar-refractivity contribution in [2.45, 2.75) is 86.0 Å². The molecule has 13 heteroatoms. The van der Waals surface area contributed by atoms with Crippen molar-refractivity contribution in [1.29, 1.82) is 0 Å². The molecule has 0 aromatic heterocycles. The standard InChI is InChI=1S/C26H50N4O6.C2H4O2.Na/c1-24(2,3)34-21(31)18-28-12-10-27-11-13-29(19-22(32)35-25(4,5)6)15-17-30(16-14-28)20-23(33)36-26(7,8)9;1-2(3)4;/h27H,10-20H2,1-9H3;1H3,(H,3,4);/q;;+1/p-1. The smallest absolute Gasteiger partial charge is 0.550 e. The summed E-state index contributed by atoms with van der Waals surface area (Å²) in [6, 6.07) is 0. The molecule has 41 heavy (non-hydrogen) atoms. The van der Waals surface area contributed by atoms with E-state index in [-0.39, 0.29) is 67.1 Å². The number of nitrogens with one attached hydrogen (secondary N) is 1. The molecular formula is C28H53N4NaO8. The van der Waals surface area contributed by atoms with Gasteiger partial charge in [0.15, 0.2) is 0 Å². The first-order valence-corrected chi connectivity index (χ1v) is 13.9. The molecule has 1 heterocycles. The number of hydrogen-bond donors (Lipinski definition) is 1. The van der Waals surface area contributed by atoms with E-state index in [1.54, 1.807) is 0 Å². The van der Waals surface area contributed by atoms with Gasteiger partial charge < -0.3 is 29.4 Å². The topological polar surface area (TPSA) is 141 Å². The van der Waals surface area contributed by atoms with Gasteiger partial charge in [-0.2, -0.15) is 0 Å². The Kier molecular flexibility index (Phi) is 20.2. The Morgan fingerprint density at radius 1 is 0.585 bits per heavy atom. The van der Waals surface area contributed by atoms with Crippen LogP contribution in [0.25, 0.3) is 0 Å². The minimum absolute atomic E-state index is 0. The van der Waals surface area contributed by atoms with E-state index in [0.717, 1.165) is 6.92 Å². The predicted molar refractivity (Wildman–Crippen MR) is 150 cm³/mol. The largest absolute Gasteiger partial charge is 1.00 e. The zero-order chi connectivity index (χ0) is 31.1. The van der Waals surface area contributed by atoms with Gasteiger partial charge in [0.1, 0.15) is 16.8 Å². The molecule has 1 saturated heterocycles. The Bertz CT molecular complexity index is 758. The van der Waals surface area contributed by atoms with Gasteiger partial charge in [0.2, 0.25) is 0 Å². The maximum Gasteiger partial charge on any atom is 1.00 e. The Balaban J connectivity index is 0. The van der Waals surface area contributed by atoms with E-state index in [9.17, 15) is 14.4 Å². The zero-order valence-corrected chi connectivity index (χ0v) is 29.4. The summed E-state index contributed by atoms with van der Waals surface area (Å²) in [7, 11) is 0. The van der Waals surface area contributed by atoms with Crippen LogP contribution in [0.1, 0.15) is 69.2 Å². The Morgan fingerprint density at radius 2 is 0.805 bits per heavy atom. The van der Waals surface area contributed by atoms with E-state index in [1.807, 2.05) is 77.0 Å². The number of carbonyl (C=O) groups excluding carboxylic acids is 4. The van der Waals surface area contributed by atoms with Gasteiger partial charge in [-0.25, -0.2) is 0 Å². The average molecular weight is 597 g/mol. The second-order valence-corrected chi connectivity index (χ2v) is 12.8. The molecule has 0 aliphatic carbocycles. The van der Waals surface area contributed by atoms with E-state index in [0.29, 0.717) is 52.4 Å². The molecule has 1 aliphatic rings. The van der Waals surface area contributed by atoms with Crippen LogP contribution >= 0.6 is 0 Å². The maximum atomic E-state index is 12.6. The SMILES string of the molecule is CC(=O)[O-].CC(C)(C)OC(=O)CN1CCNCCN(CC(=O)OC(C)(C)C)CCN(CC(=O)OC(C)(C)C)CC1.[Na+]. The summed E-state index contributed by atoms with van der Waals surface area (Å²) >= 11 is 0. The molecule has 1 fully saturated rings. The molecule has 0 amide bonds. The van der Waals surface area contributed by atoms with Gasteiger partial charge in [0, 0.05) is 58.3 Å². The van der Waals surface area contributed by atoms with E-state index in [1.165, 1.54) is 0 Å². The van der Waals surface area contributed by atoms with Crippen molar-refractivity contribution in [3.05, 3.63) is 0 Å². The third kappa shape index (κ3) is 27.3. The number of aliphatic carboxylic acids is 1. The molecule has 0 atom stereocenters. The van der Waals surface area contributed by atoms with Crippen LogP contribution < -0.4 is 40.0 Å². The second-order valence-electron chi connectivity index (χ2n) is 12.8. The number of carbonyl (C=O) groups is 4. The monoisotopic (exact) mass is 596 g/mol. The van der Waals surface area contributed by atoms with Crippen molar-refractivity contribution in [2.75, 3.05) is 72.0 Å². The quantitative estimate of drug-likeness (QED) is 0.194.